The summed E-state index contributed by atoms with van der Waals surface area (Å²) >= 11 is 0. The number of aryl methyl sites for hydroxylation is 2. The molecule has 0 atom stereocenters. The summed E-state index contributed by atoms with van der Waals surface area (Å²) in [4.78, 5) is 14.8. The third-order valence-electron chi connectivity index (χ3n) is 4.80. The van der Waals surface area contributed by atoms with E-state index in [1.165, 1.54) is 10.4 Å². The summed E-state index contributed by atoms with van der Waals surface area (Å²) in [6, 6.07) is 12.7. The van der Waals surface area contributed by atoms with Gasteiger partial charge >= 0.3 is 0 Å². The van der Waals surface area contributed by atoms with Crippen LogP contribution in [0.15, 0.2) is 47.4 Å². The molecule has 2 aromatic carbocycles. The Morgan fingerprint density at radius 3 is 2.19 bits per heavy atom. The molecule has 0 N–H and O–H groups in total. The molecule has 0 fully saturated rings. The second kappa shape index (κ2) is 8.67. The molecule has 2 rings (SSSR count). The molecule has 0 aromatic heterocycles. The maximum absolute atomic E-state index is 13.0. The van der Waals surface area contributed by atoms with E-state index in [9.17, 15) is 13.2 Å². The summed E-state index contributed by atoms with van der Waals surface area (Å²) in [5.41, 5.74) is 3.36. The Balaban J connectivity index is 2.35. The van der Waals surface area contributed by atoms with Crippen LogP contribution in [-0.4, -0.2) is 43.7 Å². The SMILES string of the molecule is CCN(CC)S(=O)(=O)c1ccc(C)c(C(=O)N(C)Cc2ccccc2C)c1. The van der Waals surface area contributed by atoms with Crippen molar-refractivity contribution >= 4 is 15.9 Å². The molecule has 146 valence electrons. The highest BCUT2D eigenvalue weighted by atomic mass is 32.2. The van der Waals surface area contributed by atoms with Crippen LogP contribution in [0.3, 0.4) is 0 Å². The highest BCUT2D eigenvalue weighted by molar-refractivity contribution is 7.89. The van der Waals surface area contributed by atoms with Gasteiger partial charge < -0.3 is 4.90 Å². The molecular formula is C21H28N2O3S. The first-order valence-electron chi connectivity index (χ1n) is 9.13. The van der Waals surface area contributed by atoms with Crippen molar-refractivity contribution in [2.45, 2.75) is 39.1 Å². The Labute approximate surface area is 162 Å². The van der Waals surface area contributed by atoms with Crippen LogP contribution < -0.4 is 0 Å². The van der Waals surface area contributed by atoms with Gasteiger partial charge in [-0.25, -0.2) is 8.42 Å². The fourth-order valence-electron chi connectivity index (χ4n) is 3.03. The molecule has 0 unspecified atom stereocenters. The third-order valence-corrected chi connectivity index (χ3v) is 6.84. The normalized spacial score (nSPS) is 11.6. The molecule has 1 amide bonds. The van der Waals surface area contributed by atoms with Crippen molar-refractivity contribution in [3.8, 4) is 0 Å². The first-order chi connectivity index (χ1) is 12.7. The predicted octanol–water partition coefficient (Wildman–Crippen LogP) is 3.61. The molecule has 5 nitrogen and oxygen atoms in total. The largest absolute Gasteiger partial charge is 0.337 e. The molecule has 0 bridgehead atoms. The molecule has 0 saturated carbocycles. The minimum absolute atomic E-state index is 0.157. The maximum Gasteiger partial charge on any atom is 0.254 e. The van der Waals surface area contributed by atoms with Crippen LogP contribution in [0.4, 0.5) is 0 Å². The van der Waals surface area contributed by atoms with Gasteiger partial charge in [0, 0.05) is 32.2 Å². The van der Waals surface area contributed by atoms with E-state index in [0.29, 0.717) is 25.2 Å². The number of hydrogen-bond donors (Lipinski definition) is 0. The first kappa shape index (κ1) is 21.1. The van der Waals surface area contributed by atoms with E-state index in [0.717, 1.165) is 16.7 Å². The molecular weight excluding hydrogens is 360 g/mol. The molecule has 0 aliphatic rings. The lowest BCUT2D eigenvalue weighted by atomic mass is 10.1. The summed E-state index contributed by atoms with van der Waals surface area (Å²) in [7, 11) is -1.87. The van der Waals surface area contributed by atoms with Crippen molar-refractivity contribution in [1.82, 2.24) is 9.21 Å². The number of carbonyl (C=O) groups is 1. The quantitative estimate of drug-likeness (QED) is 0.728. The smallest absolute Gasteiger partial charge is 0.254 e. The van der Waals surface area contributed by atoms with Gasteiger partial charge in [-0.3, -0.25) is 4.79 Å². The van der Waals surface area contributed by atoms with E-state index in [4.69, 9.17) is 0 Å². The van der Waals surface area contributed by atoms with E-state index in [1.807, 2.05) is 38.1 Å². The Morgan fingerprint density at radius 1 is 0.963 bits per heavy atom. The molecule has 0 aliphatic carbocycles. The molecule has 0 spiro atoms. The highest BCUT2D eigenvalue weighted by Gasteiger charge is 2.24. The molecule has 0 saturated heterocycles. The topological polar surface area (TPSA) is 57.7 Å². The minimum atomic E-state index is -3.60. The van der Waals surface area contributed by atoms with Gasteiger partial charge in [0.1, 0.15) is 0 Å². The van der Waals surface area contributed by atoms with Gasteiger partial charge in [-0.15, -0.1) is 0 Å². The molecule has 0 radical (unpaired) electrons. The number of amides is 1. The van der Waals surface area contributed by atoms with Crippen molar-refractivity contribution in [3.63, 3.8) is 0 Å². The van der Waals surface area contributed by atoms with Crippen LogP contribution in [0.5, 0.6) is 0 Å². The van der Waals surface area contributed by atoms with Crippen molar-refractivity contribution in [2.75, 3.05) is 20.1 Å². The van der Waals surface area contributed by atoms with Crippen LogP contribution in [0, 0.1) is 13.8 Å². The zero-order valence-electron chi connectivity index (χ0n) is 16.7. The number of hydrogen-bond acceptors (Lipinski definition) is 3. The summed E-state index contributed by atoms with van der Waals surface area (Å²) in [5.74, 6) is -0.188. The van der Waals surface area contributed by atoms with Crippen LogP contribution in [0.2, 0.25) is 0 Å². The number of rotatable bonds is 7. The van der Waals surface area contributed by atoms with Crippen molar-refractivity contribution in [2.24, 2.45) is 0 Å². The lowest BCUT2D eigenvalue weighted by Gasteiger charge is -2.22. The maximum atomic E-state index is 13.0. The lowest BCUT2D eigenvalue weighted by molar-refractivity contribution is 0.0784. The fourth-order valence-corrected chi connectivity index (χ4v) is 4.51. The highest BCUT2D eigenvalue weighted by Crippen LogP contribution is 2.21. The number of nitrogens with zero attached hydrogens (tertiary/aromatic N) is 2. The Morgan fingerprint density at radius 2 is 1.59 bits per heavy atom. The van der Waals surface area contributed by atoms with E-state index >= 15 is 0 Å². The minimum Gasteiger partial charge on any atom is -0.337 e. The number of carbonyl (C=O) groups excluding carboxylic acids is 1. The van der Waals surface area contributed by atoms with E-state index in [1.54, 1.807) is 37.9 Å². The Kier molecular flexibility index (Phi) is 6.78. The van der Waals surface area contributed by atoms with Gasteiger partial charge in [-0.05, 0) is 42.7 Å². The molecule has 2 aromatic rings. The van der Waals surface area contributed by atoms with Crippen LogP contribution in [0.1, 0.15) is 40.9 Å². The summed E-state index contributed by atoms with van der Waals surface area (Å²) in [6.07, 6.45) is 0. The van der Waals surface area contributed by atoms with Crippen LogP contribution in [0.25, 0.3) is 0 Å². The standard InChI is InChI=1S/C21H28N2O3S/c1-6-23(7-2)27(25,26)19-13-12-17(4)20(14-19)21(24)22(5)15-18-11-9-8-10-16(18)3/h8-14H,6-7,15H2,1-5H3. The van der Waals surface area contributed by atoms with Crippen molar-refractivity contribution < 1.29 is 13.2 Å². The van der Waals surface area contributed by atoms with Gasteiger partial charge in [-0.2, -0.15) is 4.31 Å². The van der Waals surface area contributed by atoms with Crippen LogP contribution in [-0.2, 0) is 16.6 Å². The summed E-state index contributed by atoms with van der Waals surface area (Å²) < 4.78 is 27.0. The number of benzene rings is 2. The molecule has 27 heavy (non-hydrogen) atoms. The second-order valence-corrected chi connectivity index (χ2v) is 8.59. The van der Waals surface area contributed by atoms with E-state index in [2.05, 4.69) is 0 Å². The van der Waals surface area contributed by atoms with Gasteiger partial charge in [0.25, 0.3) is 5.91 Å². The lowest BCUT2D eigenvalue weighted by Crippen LogP contribution is -2.31. The van der Waals surface area contributed by atoms with E-state index < -0.39 is 10.0 Å². The molecule has 0 heterocycles. The summed E-state index contributed by atoms with van der Waals surface area (Å²) in [5, 5.41) is 0. The third kappa shape index (κ3) is 4.57. The van der Waals surface area contributed by atoms with Gasteiger partial charge in [0.15, 0.2) is 0 Å². The van der Waals surface area contributed by atoms with Gasteiger partial charge in [-0.1, -0.05) is 44.2 Å². The Bertz CT molecular complexity index is 919. The average molecular weight is 389 g/mol. The second-order valence-electron chi connectivity index (χ2n) is 6.65. The zero-order valence-corrected chi connectivity index (χ0v) is 17.5. The van der Waals surface area contributed by atoms with Crippen molar-refractivity contribution in [3.05, 3.63) is 64.7 Å². The van der Waals surface area contributed by atoms with Crippen LogP contribution >= 0.6 is 0 Å². The zero-order chi connectivity index (χ0) is 20.2. The van der Waals surface area contributed by atoms with Crippen molar-refractivity contribution in [1.29, 1.82) is 0 Å². The predicted molar refractivity (Wildman–Crippen MR) is 108 cm³/mol. The van der Waals surface area contributed by atoms with Gasteiger partial charge in [0.05, 0.1) is 4.90 Å². The fraction of sp³-hybridized carbons (Fsp3) is 0.381. The number of sulfonamides is 1. The van der Waals surface area contributed by atoms with E-state index in [-0.39, 0.29) is 10.8 Å². The molecule has 0 aliphatic heterocycles. The molecule has 6 heteroatoms. The monoisotopic (exact) mass is 388 g/mol. The average Bonchev–Trinajstić information content (AvgIpc) is 2.64. The van der Waals surface area contributed by atoms with Gasteiger partial charge in [0.2, 0.25) is 10.0 Å². The first-order valence-corrected chi connectivity index (χ1v) is 10.6. The Hall–Kier alpha value is -2.18. The summed E-state index contributed by atoms with van der Waals surface area (Å²) in [6.45, 7) is 8.69.